The van der Waals surface area contributed by atoms with E-state index < -0.39 is 11.7 Å². The van der Waals surface area contributed by atoms with Gasteiger partial charge in [0.15, 0.2) is 6.29 Å². The minimum absolute atomic E-state index is 0.199. The molecule has 0 saturated carbocycles. The first-order valence-electron chi connectivity index (χ1n) is 4.59. The fourth-order valence-electron chi connectivity index (χ4n) is 1.36. The highest BCUT2D eigenvalue weighted by Gasteiger charge is 2.30. The van der Waals surface area contributed by atoms with Crippen molar-refractivity contribution in [1.82, 2.24) is 5.16 Å². The highest BCUT2D eigenvalue weighted by atomic mass is 19.4. The van der Waals surface area contributed by atoms with Crippen LogP contribution in [0.2, 0.25) is 0 Å². The molecule has 0 saturated heterocycles. The predicted molar refractivity (Wildman–Crippen MR) is 52.3 cm³/mol. The summed E-state index contributed by atoms with van der Waals surface area (Å²) in [6, 6.07) is 4.35. The minimum atomic E-state index is -4.38. The Morgan fingerprint density at radius 3 is 2.35 bits per heavy atom. The van der Waals surface area contributed by atoms with E-state index in [1.54, 1.807) is 0 Å². The van der Waals surface area contributed by atoms with E-state index in [0.717, 1.165) is 18.4 Å². The monoisotopic (exact) mass is 241 g/mol. The number of halogens is 3. The highest BCUT2D eigenvalue weighted by Crippen LogP contribution is 2.31. The zero-order valence-corrected chi connectivity index (χ0v) is 8.36. The molecule has 0 aliphatic rings. The number of hydrogen-bond acceptors (Lipinski definition) is 3. The van der Waals surface area contributed by atoms with Gasteiger partial charge in [-0.1, -0.05) is 17.3 Å². The molecular weight excluding hydrogens is 235 g/mol. The Kier molecular flexibility index (Phi) is 2.71. The summed E-state index contributed by atoms with van der Waals surface area (Å²) < 4.78 is 41.5. The first-order valence-corrected chi connectivity index (χ1v) is 4.59. The number of carbonyl (C=O) groups excluding carboxylic acids is 1. The van der Waals surface area contributed by atoms with Crippen LogP contribution < -0.4 is 0 Å². The van der Waals surface area contributed by atoms with Gasteiger partial charge in [-0.05, 0) is 12.1 Å². The average molecular weight is 241 g/mol. The molecule has 0 unspecified atom stereocenters. The van der Waals surface area contributed by atoms with E-state index in [0.29, 0.717) is 11.8 Å². The van der Waals surface area contributed by atoms with Gasteiger partial charge in [-0.15, -0.1) is 0 Å². The molecule has 0 amide bonds. The molecule has 0 spiro atoms. The third-order valence-corrected chi connectivity index (χ3v) is 2.21. The number of carbonyl (C=O) groups is 1. The Bertz CT molecular complexity index is 528. The quantitative estimate of drug-likeness (QED) is 0.758. The number of hydrogen-bond donors (Lipinski definition) is 0. The summed E-state index contributed by atoms with van der Waals surface area (Å²) in [6.45, 7) is 0. The Labute approximate surface area is 93.8 Å². The zero-order chi connectivity index (χ0) is 12.5. The smallest absolute Gasteiger partial charge is 0.363 e. The second-order valence-corrected chi connectivity index (χ2v) is 3.31. The molecule has 1 aromatic heterocycles. The van der Waals surface area contributed by atoms with Gasteiger partial charge in [0.05, 0.1) is 11.1 Å². The number of alkyl halides is 3. The topological polar surface area (TPSA) is 43.1 Å². The highest BCUT2D eigenvalue weighted by molar-refractivity contribution is 5.84. The van der Waals surface area contributed by atoms with E-state index >= 15 is 0 Å². The van der Waals surface area contributed by atoms with Crippen LogP contribution in [0.1, 0.15) is 15.9 Å². The summed E-state index contributed by atoms with van der Waals surface area (Å²) in [5, 5.41) is 3.56. The molecule has 2 aromatic rings. The van der Waals surface area contributed by atoms with Crippen LogP contribution >= 0.6 is 0 Å². The molecule has 6 heteroatoms. The van der Waals surface area contributed by atoms with Gasteiger partial charge in [-0.3, -0.25) is 4.79 Å². The van der Waals surface area contributed by atoms with Gasteiger partial charge >= 0.3 is 6.18 Å². The van der Waals surface area contributed by atoms with Crippen molar-refractivity contribution in [1.29, 1.82) is 0 Å². The second-order valence-electron chi connectivity index (χ2n) is 3.31. The summed E-state index contributed by atoms with van der Waals surface area (Å²) in [4.78, 5) is 10.6. The molecule has 0 atom stereocenters. The van der Waals surface area contributed by atoms with Gasteiger partial charge in [0.2, 0.25) is 0 Å². The van der Waals surface area contributed by atoms with Gasteiger partial charge in [0, 0.05) is 5.56 Å². The average Bonchev–Trinajstić information content (AvgIpc) is 2.76. The lowest BCUT2D eigenvalue weighted by molar-refractivity contribution is -0.137. The number of nitrogens with zero attached hydrogens (tertiary/aromatic N) is 1. The van der Waals surface area contributed by atoms with Crippen molar-refractivity contribution in [3.63, 3.8) is 0 Å². The van der Waals surface area contributed by atoms with Crippen molar-refractivity contribution in [2.24, 2.45) is 0 Å². The fraction of sp³-hybridized carbons (Fsp3) is 0.0909. The fourth-order valence-corrected chi connectivity index (χ4v) is 1.36. The largest absolute Gasteiger partial charge is 0.416 e. The van der Waals surface area contributed by atoms with Gasteiger partial charge in [0.25, 0.3) is 0 Å². The molecule has 2 rings (SSSR count). The Morgan fingerprint density at radius 2 is 1.82 bits per heavy atom. The van der Waals surface area contributed by atoms with Crippen molar-refractivity contribution in [3.8, 4) is 11.3 Å². The second kappa shape index (κ2) is 4.04. The van der Waals surface area contributed by atoms with Crippen LogP contribution in [0.4, 0.5) is 13.2 Å². The van der Waals surface area contributed by atoms with Crippen molar-refractivity contribution >= 4 is 6.29 Å². The molecule has 0 bridgehead atoms. The molecule has 17 heavy (non-hydrogen) atoms. The zero-order valence-electron chi connectivity index (χ0n) is 8.36. The van der Waals surface area contributed by atoms with E-state index in [1.165, 1.54) is 12.1 Å². The SMILES string of the molecule is O=Cc1conc1-c1ccc(C(F)(F)F)cc1. The van der Waals surface area contributed by atoms with Gasteiger partial charge in [-0.25, -0.2) is 0 Å². The van der Waals surface area contributed by atoms with Crippen LogP contribution in [0.5, 0.6) is 0 Å². The standard InChI is InChI=1S/C11H6F3NO2/c12-11(13,14)9-3-1-7(2-4-9)10-8(5-16)6-17-15-10/h1-6H. The molecule has 0 aliphatic heterocycles. The van der Waals surface area contributed by atoms with Crippen LogP contribution in [-0.2, 0) is 6.18 Å². The maximum absolute atomic E-state index is 12.3. The maximum atomic E-state index is 12.3. The summed E-state index contributed by atoms with van der Waals surface area (Å²) in [7, 11) is 0. The van der Waals surface area contributed by atoms with E-state index in [-0.39, 0.29) is 11.3 Å². The van der Waals surface area contributed by atoms with Crippen molar-refractivity contribution in [3.05, 3.63) is 41.7 Å². The van der Waals surface area contributed by atoms with E-state index in [1.807, 2.05) is 0 Å². The Morgan fingerprint density at radius 1 is 1.18 bits per heavy atom. The molecule has 0 aliphatic carbocycles. The molecule has 1 aromatic carbocycles. The van der Waals surface area contributed by atoms with Gasteiger partial charge in [0.1, 0.15) is 12.0 Å². The summed E-state index contributed by atoms with van der Waals surface area (Å²) in [5.41, 5.74) is 0.0738. The molecule has 0 N–H and O–H groups in total. The lowest BCUT2D eigenvalue weighted by atomic mass is 10.1. The Balaban J connectivity index is 2.39. The van der Waals surface area contributed by atoms with Crippen LogP contribution in [0.15, 0.2) is 35.1 Å². The van der Waals surface area contributed by atoms with Crippen LogP contribution in [0.3, 0.4) is 0 Å². The first kappa shape index (κ1) is 11.4. The lowest BCUT2D eigenvalue weighted by Crippen LogP contribution is -2.04. The third kappa shape index (κ3) is 2.20. The molecular formula is C11H6F3NO2. The normalized spacial score (nSPS) is 11.5. The first-order chi connectivity index (χ1) is 8.02. The number of aldehydes is 1. The van der Waals surface area contributed by atoms with Crippen LogP contribution in [-0.4, -0.2) is 11.4 Å². The predicted octanol–water partition coefficient (Wildman–Crippen LogP) is 3.17. The summed E-state index contributed by atoms with van der Waals surface area (Å²) in [5.74, 6) is 0. The molecule has 3 nitrogen and oxygen atoms in total. The summed E-state index contributed by atoms with van der Waals surface area (Å²) in [6.07, 6.45) is -2.71. The van der Waals surface area contributed by atoms with Crippen molar-refractivity contribution in [2.75, 3.05) is 0 Å². The molecule has 88 valence electrons. The number of rotatable bonds is 2. The van der Waals surface area contributed by atoms with Crippen LogP contribution in [0, 0.1) is 0 Å². The van der Waals surface area contributed by atoms with E-state index in [9.17, 15) is 18.0 Å². The van der Waals surface area contributed by atoms with E-state index in [4.69, 9.17) is 0 Å². The van der Waals surface area contributed by atoms with Crippen molar-refractivity contribution < 1.29 is 22.5 Å². The number of aromatic nitrogens is 1. The number of benzene rings is 1. The van der Waals surface area contributed by atoms with E-state index in [2.05, 4.69) is 9.68 Å². The van der Waals surface area contributed by atoms with Gasteiger partial charge < -0.3 is 4.52 Å². The van der Waals surface area contributed by atoms with Crippen LogP contribution in [0.25, 0.3) is 11.3 Å². The summed E-state index contributed by atoms with van der Waals surface area (Å²) >= 11 is 0. The van der Waals surface area contributed by atoms with Gasteiger partial charge in [-0.2, -0.15) is 13.2 Å². The van der Waals surface area contributed by atoms with Crippen molar-refractivity contribution in [2.45, 2.75) is 6.18 Å². The lowest BCUT2D eigenvalue weighted by Gasteiger charge is -2.06. The molecule has 1 heterocycles. The molecule has 0 radical (unpaired) electrons. The minimum Gasteiger partial charge on any atom is -0.363 e. The molecule has 0 fully saturated rings. The maximum Gasteiger partial charge on any atom is 0.416 e. The Hall–Kier alpha value is -2.11. The third-order valence-electron chi connectivity index (χ3n) is 2.21.